The first-order chi connectivity index (χ1) is 11.6. The molecule has 2 aromatic carbocycles. The first-order valence-corrected chi connectivity index (χ1v) is 7.57. The van der Waals surface area contributed by atoms with E-state index in [2.05, 4.69) is 5.32 Å². The van der Waals surface area contributed by atoms with Crippen LogP contribution in [0.15, 0.2) is 48.5 Å². The van der Waals surface area contributed by atoms with Crippen LogP contribution in [0.5, 0.6) is 5.75 Å². The number of methoxy groups -OCH3 is 1. The first-order valence-electron chi connectivity index (χ1n) is 7.57. The van der Waals surface area contributed by atoms with Crippen molar-refractivity contribution in [1.82, 2.24) is 5.32 Å². The van der Waals surface area contributed by atoms with E-state index < -0.39 is 6.04 Å². The molecule has 1 amide bonds. The number of amides is 1. The number of halogens is 1. The molecular weight excluding hydrogens is 311 g/mol. The summed E-state index contributed by atoms with van der Waals surface area (Å²) in [6.45, 7) is 0.915. The van der Waals surface area contributed by atoms with Gasteiger partial charge in [-0.2, -0.15) is 0 Å². The van der Waals surface area contributed by atoms with Gasteiger partial charge in [-0.15, -0.1) is 0 Å². The van der Waals surface area contributed by atoms with E-state index in [1.165, 1.54) is 19.2 Å². The predicted molar refractivity (Wildman–Crippen MR) is 88.9 cm³/mol. The summed E-state index contributed by atoms with van der Waals surface area (Å²) < 4.78 is 23.4. The standard InChI is InChI=1S/C18H21FN2O3/c1-23-12-17(20)18(22)21-10-13-5-7-14(8-6-13)11-24-16-4-2-3-15(19)9-16/h2-9,17H,10-12,20H2,1H3,(H,21,22)/t17-/m0/s1. The minimum atomic E-state index is -0.672. The van der Waals surface area contributed by atoms with Crippen molar-refractivity contribution in [1.29, 1.82) is 0 Å². The maximum Gasteiger partial charge on any atom is 0.239 e. The van der Waals surface area contributed by atoms with Gasteiger partial charge in [0, 0.05) is 19.7 Å². The van der Waals surface area contributed by atoms with Gasteiger partial charge in [-0.05, 0) is 23.3 Å². The summed E-state index contributed by atoms with van der Waals surface area (Å²) in [4.78, 5) is 11.7. The average Bonchev–Trinajstić information content (AvgIpc) is 2.59. The Balaban J connectivity index is 1.81. The van der Waals surface area contributed by atoms with Crippen molar-refractivity contribution in [2.75, 3.05) is 13.7 Å². The predicted octanol–water partition coefficient (Wildman–Crippen LogP) is 1.99. The van der Waals surface area contributed by atoms with Gasteiger partial charge in [0.05, 0.1) is 6.61 Å². The molecule has 6 heteroatoms. The lowest BCUT2D eigenvalue weighted by atomic mass is 10.1. The molecule has 0 unspecified atom stereocenters. The lowest BCUT2D eigenvalue weighted by Crippen LogP contribution is -2.43. The van der Waals surface area contributed by atoms with E-state index >= 15 is 0 Å². The lowest BCUT2D eigenvalue weighted by Gasteiger charge is -2.11. The monoisotopic (exact) mass is 332 g/mol. The molecule has 0 aromatic heterocycles. The Morgan fingerprint density at radius 1 is 1.21 bits per heavy atom. The Kier molecular flexibility index (Phi) is 6.72. The second-order valence-electron chi connectivity index (χ2n) is 5.34. The number of nitrogens with one attached hydrogen (secondary N) is 1. The molecule has 0 radical (unpaired) electrons. The number of benzene rings is 2. The third kappa shape index (κ3) is 5.64. The van der Waals surface area contributed by atoms with Gasteiger partial charge in [0.1, 0.15) is 24.2 Å². The normalized spacial score (nSPS) is 11.8. The van der Waals surface area contributed by atoms with Crippen molar-refractivity contribution in [2.24, 2.45) is 5.73 Å². The molecule has 0 heterocycles. The third-order valence-corrected chi connectivity index (χ3v) is 3.37. The first kappa shape index (κ1) is 17.9. The van der Waals surface area contributed by atoms with Crippen molar-refractivity contribution in [3.05, 3.63) is 65.5 Å². The molecule has 0 aliphatic rings. The number of hydrogen-bond donors (Lipinski definition) is 2. The van der Waals surface area contributed by atoms with Crippen LogP contribution in [0.3, 0.4) is 0 Å². The number of ether oxygens (including phenoxy) is 2. The van der Waals surface area contributed by atoms with Crippen LogP contribution >= 0.6 is 0 Å². The highest BCUT2D eigenvalue weighted by Crippen LogP contribution is 2.14. The van der Waals surface area contributed by atoms with E-state index in [0.29, 0.717) is 18.9 Å². The van der Waals surface area contributed by atoms with Gasteiger partial charge < -0.3 is 20.5 Å². The summed E-state index contributed by atoms with van der Waals surface area (Å²) in [5.41, 5.74) is 7.54. The number of carbonyl (C=O) groups is 1. The van der Waals surface area contributed by atoms with Gasteiger partial charge in [-0.1, -0.05) is 30.3 Å². The highest BCUT2D eigenvalue weighted by atomic mass is 19.1. The molecule has 0 fully saturated rings. The second-order valence-corrected chi connectivity index (χ2v) is 5.34. The van der Waals surface area contributed by atoms with E-state index in [1.807, 2.05) is 24.3 Å². The SMILES string of the molecule is COC[C@H](N)C(=O)NCc1ccc(COc2cccc(F)c2)cc1. The zero-order valence-corrected chi connectivity index (χ0v) is 13.5. The maximum atomic E-state index is 13.1. The number of hydrogen-bond acceptors (Lipinski definition) is 4. The Labute approximate surface area is 140 Å². The van der Waals surface area contributed by atoms with Gasteiger partial charge in [-0.3, -0.25) is 4.79 Å². The van der Waals surface area contributed by atoms with Crippen LogP contribution < -0.4 is 15.8 Å². The Bertz CT molecular complexity index is 662. The number of rotatable bonds is 8. The lowest BCUT2D eigenvalue weighted by molar-refractivity contribution is -0.123. The van der Waals surface area contributed by atoms with Gasteiger partial charge >= 0.3 is 0 Å². The van der Waals surface area contributed by atoms with Crippen molar-refractivity contribution < 1.29 is 18.7 Å². The number of nitrogens with two attached hydrogens (primary N) is 1. The Morgan fingerprint density at radius 2 is 1.92 bits per heavy atom. The quantitative estimate of drug-likeness (QED) is 0.775. The number of carbonyl (C=O) groups excluding carboxylic acids is 1. The van der Waals surface area contributed by atoms with Gasteiger partial charge in [0.25, 0.3) is 0 Å². The molecule has 0 aliphatic carbocycles. The minimum absolute atomic E-state index is 0.183. The Morgan fingerprint density at radius 3 is 2.58 bits per heavy atom. The molecule has 0 saturated carbocycles. The molecule has 2 rings (SSSR count). The molecule has 5 nitrogen and oxygen atoms in total. The molecule has 1 atom stereocenters. The largest absolute Gasteiger partial charge is 0.489 e. The highest BCUT2D eigenvalue weighted by Gasteiger charge is 2.12. The van der Waals surface area contributed by atoms with Crippen LogP contribution in [0.25, 0.3) is 0 Å². The topological polar surface area (TPSA) is 73.6 Å². The average molecular weight is 332 g/mol. The van der Waals surface area contributed by atoms with Crippen molar-refractivity contribution in [2.45, 2.75) is 19.2 Å². The summed E-state index contributed by atoms with van der Waals surface area (Å²) in [5, 5.41) is 2.75. The smallest absolute Gasteiger partial charge is 0.239 e. The van der Waals surface area contributed by atoms with Crippen molar-refractivity contribution >= 4 is 5.91 Å². The fraction of sp³-hybridized carbons (Fsp3) is 0.278. The van der Waals surface area contributed by atoms with E-state index in [1.54, 1.807) is 12.1 Å². The second kappa shape index (κ2) is 9.00. The van der Waals surface area contributed by atoms with Gasteiger partial charge in [0.15, 0.2) is 0 Å². The molecule has 0 bridgehead atoms. The summed E-state index contributed by atoms with van der Waals surface area (Å²) in [7, 11) is 1.50. The van der Waals surface area contributed by atoms with E-state index in [4.69, 9.17) is 15.2 Å². The highest BCUT2D eigenvalue weighted by molar-refractivity contribution is 5.81. The van der Waals surface area contributed by atoms with E-state index in [0.717, 1.165) is 11.1 Å². The van der Waals surface area contributed by atoms with Crippen LogP contribution in [0, 0.1) is 5.82 Å². The molecule has 2 aromatic rings. The fourth-order valence-electron chi connectivity index (χ4n) is 2.05. The zero-order chi connectivity index (χ0) is 17.4. The summed E-state index contributed by atoms with van der Waals surface area (Å²) in [6.07, 6.45) is 0. The van der Waals surface area contributed by atoms with Crippen molar-refractivity contribution in [3.8, 4) is 5.75 Å². The van der Waals surface area contributed by atoms with Crippen LogP contribution in [0.2, 0.25) is 0 Å². The summed E-state index contributed by atoms with van der Waals surface area (Å²) in [5.74, 6) is -0.0981. The van der Waals surface area contributed by atoms with Crippen molar-refractivity contribution in [3.63, 3.8) is 0 Å². The summed E-state index contributed by atoms with van der Waals surface area (Å²) in [6, 6.07) is 12.9. The molecule has 0 spiro atoms. The molecule has 0 saturated heterocycles. The van der Waals surface area contributed by atoms with Gasteiger partial charge in [-0.25, -0.2) is 4.39 Å². The molecule has 0 aliphatic heterocycles. The molecule has 128 valence electrons. The van der Waals surface area contributed by atoms with Crippen LogP contribution in [0.1, 0.15) is 11.1 Å². The summed E-state index contributed by atoms with van der Waals surface area (Å²) >= 11 is 0. The molecule has 3 N–H and O–H groups in total. The van der Waals surface area contributed by atoms with E-state index in [9.17, 15) is 9.18 Å². The maximum absolute atomic E-state index is 13.1. The zero-order valence-electron chi connectivity index (χ0n) is 13.5. The molecular formula is C18H21FN2O3. The van der Waals surface area contributed by atoms with Crippen LogP contribution in [-0.4, -0.2) is 25.7 Å². The van der Waals surface area contributed by atoms with Crippen LogP contribution in [-0.2, 0) is 22.7 Å². The van der Waals surface area contributed by atoms with Gasteiger partial charge in [0.2, 0.25) is 5.91 Å². The van der Waals surface area contributed by atoms with Crippen LogP contribution in [0.4, 0.5) is 4.39 Å². The van der Waals surface area contributed by atoms with E-state index in [-0.39, 0.29) is 18.3 Å². The minimum Gasteiger partial charge on any atom is -0.489 e. The Hall–Kier alpha value is -2.44. The third-order valence-electron chi connectivity index (χ3n) is 3.37. The fourth-order valence-corrected chi connectivity index (χ4v) is 2.05. The molecule has 24 heavy (non-hydrogen) atoms.